The number of benzene rings is 2. The maximum absolute atomic E-state index is 12.8. The maximum atomic E-state index is 12.8. The Hall–Kier alpha value is -3.65. The van der Waals surface area contributed by atoms with E-state index in [1.54, 1.807) is 18.0 Å². The number of carboxylic acids is 1. The van der Waals surface area contributed by atoms with Gasteiger partial charge in [0.25, 0.3) is 11.9 Å². The fourth-order valence-electron chi connectivity index (χ4n) is 3.49. The molecular formula is C24H28N4O4. The lowest BCUT2D eigenvalue weighted by atomic mass is 10.0. The Labute approximate surface area is 187 Å². The Morgan fingerprint density at radius 1 is 1.09 bits per heavy atom. The molecule has 1 fully saturated rings. The van der Waals surface area contributed by atoms with E-state index in [1.165, 1.54) is 12.0 Å². The number of nitrogens with zero attached hydrogens (tertiary/aromatic N) is 3. The van der Waals surface area contributed by atoms with Gasteiger partial charge in [-0.1, -0.05) is 29.4 Å². The van der Waals surface area contributed by atoms with Gasteiger partial charge in [0.15, 0.2) is 0 Å². The minimum atomic E-state index is -0.833. The van der Waals surface area contributed by atoms with Gasteiger partial charge in [0.05, 0.1) is 6.54 Å². The van der Waals surface area contributed by atoms with Crippen molar-refractivity contribution in [3.05, 3.63) is 72.1 Å². The summed E-state index contributed by atoms with van der Waals surface area (Å²) in [6, 6.07) is 18.1. The van der Waals surface area contributed by atoms with E-state index in [0.29, 0.717) is 12.1 Å². The fraction of sp³-hybridized carbons (Fsp3) is 0.292. The zero-order valence-corrected chi connectivity index (χ0v) is 18.3. The van der Waals surface area contributed by atoms with Crippen molar-refractivity contribution in [2.75, 3.05) is 38.1 Å². The summed E-state index contributed by atoms with van der Waals surface area (Å²) in [4.78, 5) is 25.9. The lowest BCUT2D eigenvalue weighted by Gasteiger charge is -2.29. The van der Waals surface area contributed by atoms with Crippen LogP contribution in [0.5, 0.6) is 0 Å². The minimum Gasteiger partial charge on any atom is -0.481 e. The second kappa shape index (κ2) is 11.1. The van der Waals surface area contributed by atoms with Crippen molar-refractivity contribution < 1.29 is 19.2 Å². The summed E-state index contributed by atoms with van der Waals surface area (Å²) < 4.78 is 4.84. The monoisotopic (exact) mass is 436 g/mol. The molecule has 2 heterocycles. The zero-order valence-electron chi connectivity index (χ0n) is 18.3. The molecule has 0 aliphatic carbocycles. The third-order valence-corrected chi connectivity index (χ3v) is 5.01. The third kappa shape index (κ3) is 6.42. The summed E-state index contributed by atoms with van der Waals surface area (Å²) in [5, 5.41) is 14.7. The van der Waals surface area contributed by atoms with Gasteiger partial charge in [-0.05, 0) is 35.4 Å². The molecule has 0 bridgehead atoms. The number of amides is 1. The van der Waals surface area contributed by atoms with Crippen LogP contribution in [0, 0.1) is 0 Å². The molecule has 4 rings (SSSR count). The molecule has 0 atom stereocenters. The van der Waals surface area contributed by atoms with Gasteiger partial charge in [-0.2, -0.15) is 0 Å². The van der Waals surface area contributed by atoms with Crippen LogP contribution in [0.2, 0.25) is 0 Å². The van der Waals surface area contributed by atoms with Crippen LogP contribution in [-0.2, 0) is 11.3 Å². The average molecular weight is 437 g/mol. The Kier molecular flexibility index (Phi) is 7.99. The molecule has 32 heavy (non-hydrogen) atoms. The second-order valence-corrected chi connectivity index (χ2v) is 7.54. The molecular weight excluding hydrogens is 408 g/mol. The van der Waals surface area contributed by atoms with Crippen molar-refractivity contribution in [1.82, 2.24) is 15.4 Å². The van der Waals surface area contributed by atoms with Crippen LogP contribution in [0.3, 0.4) is 0 Å². The molecule has 0 unspecified atom stereocenters. The number of hydrogen-bond acceptors (Lipinski definition) is 6. The highest BCUT2D eigenvalue weighted by atomic mass is 16.5. The smallest absolute Gasteiger partial charge is 0.300 e. The van der Waals surface area contributed by atoms with E-state index in [9.17, 15) is 4.79 Å². The SMILES string of the molecule is CC(=O)O.CN(Cc1ccon1)C(=O)c1cccc(-c2cccc(N3CCNCC3)c2)c1. The number of carboxylic acid groups (broad SMARTS) is 1. The highest BCUT2D eigenvalue weighted by Gasteiger charge is 2.15. The molecule has 2 N–H and O–H groups in total. The normalized spacial score (nSPS) is 13.1. The molecule has 8 nitrogen and oxygen atoms in total. The number of hydrogen-bond donors (Lipinski definition) is 2. The van der Waals surface area contributed by atoms with E-state index in [1.807, 2.05) is 24.3 Å². The van der Waals surface area contributed by atoms with Crippen LogP contribution in [0.4, 0.5) is 5.69 Å². The maximum Gasteiger partial charge on any atom is 0.300 e. The van der Waals surface area contributed by atoms with Crippen molar-refractivity contribution in [2.45, 2.75) is 13.5 Å². The van der Waals surface area contributed by atoms with Crippen molar-refractivity contribution in [3.8, 4) is 11.1 Å². The third-order valence-electron chi connectivity index (χ3n) is 5.01. The topological polar surface area (TPSA) is 98.9 Å². The number of piperazine rings is 1. The molecule has 0 saturated carbocycles. The lowest BCUT2D eigenvalue weighted by Crippen LogP contribution is -2.43. The number of nitrogens with one attached hydrogen (secondary N) is 1. The Balaban J connectivity index is 0.000000668. The first-order valence-corrected chi connectivity index (χ1v) is 10.4. The summed E-state index contributed by atoms with van der Waals surface area (Å²) >= 11 is 0. The Morgan fingerprint density at radius 3 is 2.41 bits per heavy atom. The largest absolute Gasteiger partial charge is 0.481 e. The van der Waals surface area contributed by atoms with Crippen LogP contribution in [0.1, 0.15) is 23.0 Å². The van der Waals surface area contributed by atoms with Crippen LogP contribution in [0.25, 0.3) is 11.1 Å². The van der Waals surface area contributed by atoms with Crippen molar-refractivity contribution >= 4 is 17.6 Å². The second-order valence-electron chi connectivity index (χ2n) is 7.54. The van der Waals surface area contributed by atoms with Crippen molar-refractivity contribution in [1.29, 1.82) is 0 Å². The number of anilines is 1. The Bertz CT molecular complexity index is 1030. The quantitative estimate of drug-likeness (QED) is 0.634. The summed E-state index contributed by atoms with van der Waals surface area (Å²) in [5.41, 5.74) is 4.77. The van der Waals surface area contributed by atoms with E-state index < -0.39 is 5.97 Å². The first kappa shape index (κ1) is 23.0. The molecule has 1 saturated heterocycles. The Morgan fingerprint density at radius 2 is 1.75 bits per heavy atom. The lowest BCUT2D eigenvalue weighted by molar-refractivity contribution is -0.134. The van der Waals surface area contributed by atoms with Gasteiger partial charge in [0.2, 0.25) is 0 Å². The standard InChI is InChI=1S/C22H24N4O2.C2H4O2/c1-25(16-20-8-13-28-24-20)22(27)19-6-2-4-17(14-19)18-5-3-7-21(15-18)26-11-9-23-10-12-26;1-2(3)4/h2-8,13-15,23H,9-12,16H2,1H3;1H3,(H,3,4). The van der Waals surface area contributed by atoms with E-state index in [-0.39, 0.29) is 5.91 Å². The summed E-state index contributed by atoms with van der Waals surface area (Å²) in [6.45, 7) is 5.53. The summed E-state index contributed by atoms with van der Waals surface area (Å²) in [6.07, 6.45) is 1.51. The number of aliphatic carboxylic acids is 1. The molecule has 0 radical (unpaired) electrons. The molecule has 168 valence electrons. The fourth-order valence-corrected chi connectivity index (χ4v) is 3.49. The van der Waals surface area contributed by atoms with Gasteiger partial charge in [-0.3, -0.25) is 9.59 Å². The van der Waals surface area contributed by atoms with Gasteiger partial charge >= 0.3 is 0 Å². The van der Waals surface area contributed by atoms with E-state index in [0.717, 1.165) is 49.9 Å². The first-order valence-electron chi connectivity index (χ1n) is 10.4. The highest BCUT2D eigenvalue weighted by molar-refractivity contribution is 5.95. The van der Waals surface area contributed by atoms with Crippen LogP contribution < -0.4 is 10.2 Å². The number of carbonyl (C=O) groups excluding carboxylic acids is 1. The summed E-state index contributed by atoms with van der Waals surface area (Å²) in [5.74, 6) is -0.872. The number of rotatable bonds is 5. The van der Waals surface area contributed by atoms with Crippen molar-refractivity contribution in [2.24, 2.45) is 0 Å². The van der Waals surface area contributed by atoms with Crippen LogP contribution >= 0.6 is 0 Å². The van der Waals surface area contributed by atoms with Crippen LogP contribution in [0.15, 0.2) is 65.4 Å². The molecule has 1 aliphatic heterocycles. The molecule has 2 aromatic carbocycles. The zero-order chi connectivity index (χ0) is 22.9. The molecule has 1 aliphatic rings. The molecule has 8 heteroatoms. The molecule has 0 spiro atoms. The van der Waals surface area contributed by atoms with Crippen LogP contribution in [-0.4, -0.2) is 60.3 Å². The van der Waals surface area contributed by atoms with Crippen molar-refractivity contribution in [3.63, 3.8) is 0 Å². The van der Waals surface area contributed by atoms with Gasteiger partial charge in [0, 0.05) is 57.5 Å². The summed E-state index contributed by atoms with van der Waals surface area (Å²) in [7, 11) is 1.77. The van der Waals surface area contributed by atoms with E-state index >= 15 is 0 Å². The predicted octanol–water partition coefficient (Wildman–Crippen LogP) is 3.11. The first-order chi connectivity index (χ1) is 15.4. The van der Waals surface area contributed by atoms with Gasteiger partial charge in [0.1, 0.15) is 12.0 Å². The van der Waals surface area contributed by atoms with Gasteiger partial charge in [-0.15, -0.1) is 0 Å². The highest BCUT2D eigenvalue weighted by Crippen LogP contribution is 2.26. The van der Waals surface area contributed by atoms with E-state index in [4.69, 9.17) is 14.4 Å². The molecule has 1 aromatic heterocycles. The molecule has 1 amide bonds. The molecule has 3 aromatic rings. The minimum absolute atomic E-state index is 0.0388. The van der Waals surface area contributed by atoms with Gasteiger partial charge < -0.3 is 24.7 Å². The number of aromatic nitrogens is 1. The number of carbonyl (C=O) groups is 2. The average Bonchev–Trinajstić information content (AvgIpc) is 3.32. The predicted molar refractivity (Wildman–Crippen MR) is 123 cm³/mol. The van der Waals surface area contributed by atoms with Gasteiger partial charge in [-0.25, -0.2) is 0 Å². The van der Waals surface area contributed by atoms with E-state index in [2.05, 4.69) is 39.6 Å².